The molecule has 1 aromatic rings. The number of ether oxygens (including phenoxy) is 2. The van der Waals surface area contributed by atoms with Crippen LogP contribution in [0.5, 0.6) is 5.75 Å². The molecule has 0 heterocycles. The first-order chi connectivity index (χ1) is 9.51. The summed E-state index contributed by atoms with van der Waals surface area (Å²) in [6.07, 6.45) is 2.06. The Morgan fingerprint density at radius 1 is 1.50 bits per heavy atom. The Bertz CT molecular complexity index is 502. The third kappa shape index (κ3) is 3.07. The molecule has 1 aliphatic rings. The largest absolute Gasteiger partial charge is 0.492 e. The van der Waals surface area contributed by atoms with Crippen molar-refractivity contribution in [3.05, 3.63) is 23.2 Å². The lowest BCUT2D eigenvalue weighted by Crippen LogP contribution is -2.44. The molecule has 0 aliphatic heterocycles. The Kier molecular flexibility index (Phi) is 4.55. The van der Waals surface area contributed by atoms with Gasteiger partial charge in [-0.3, -0.25) is 4.79 Å². The van der Waals surface area contributed by atoms with Gasteiger partial charge in [-0.15, -0.1) is 0 Å². The molecule has 2 rings (SSSR count). The fourth-order valence-corrected chi connectivity index (χ4v) is 2.42. The normalized spacial score (nSPS) is 17.4. The molecule has 1 amide bonds. The number of hydrogen-bond acceptors (Lipinski definition) is 3. The van der Waals surface area contributed by atoms with E-state index >= 15 is 0 Å². The molecule has 110 valence electrons. The van der Waals surface area contributed by atoms with Gasteiger partial charge in [0.25, 0.3) is 5.91 Å². The number of carbonyl (C=O) groups excluding carboxylic acids is 1. The third-order valence-electron chi connectivity index (χ3n) is 3.72. The highest BCUT2D eigenvalue weighted by Gasteiger charge is 2.47. The summed E-state index contributed by atoms with van der Waals surface area (Å²) in [7, 11) is 1.57. The van der Waals surface area contributed by atoms with Gasteiger partial charge in [0.2, 0.25) is 0 Å². The van der Waals surface area contributed by atoms with Gasteiger partial charge in [0.05, 0.1) is 11.6 Å². The number of anilines is 1. The van der Waals surface area contributed by atoms with Crippen LogP contribution in [0.15, 0.2) is 18.2 Å². The second-order valence-corrected chi connectivity index (χ2v) is 5.52. The number of amides is 1. The number of nitrogens with one attached hydrogen (secondary N) is 1. The Balaban J connectivity index is 2.09. The quantitative estimate of drug-likeness (QED) is 0.874. The van der Waals surface area contributed by atoms with Crippen LogP contribution >= 0.6 is 11.6 Å². The van der Waals surface area contributed by atoms with E-state index in [9.17, 15) is 4.79 Å². The molecular weight excluding hydrogens is 278 g/mol. The Morgan fingerprint density at radius 2 is 2.20 bits per heavy atom. The molecule has 4 nitrogen and oxygen atoms in total. The Hall–Kier alpha value is -1.26. The zero-order chi connectivity index (χ0) is 14.8. The smallest absolute Gasteiger partial charge is 0.256 e. The summed E-state index contributed by atoms with van der Waals surface area (Å²) in [5, 5.41) is 3.34. The van der Waals surface area contributed by atoms with Crippen molar-refractivity contribution in [3.63, 3.8) is 0 Å². The van der Waals surface area contributed by atoms with Crippen LogP contribution in [0.1, 0.15) is 26.7 Å². The molecule has 1 N–H and O–H groups in total. The van der Waals surface area contributed by atoms with E-state index < -0.39 is 5.60 Å². The van der Waals surface area contributed by atoms with Crippen molar-refractivity contribution in [2.45, 2.75) is 32.3 Å². The number of carbonyl (C=O) groups is 1. The van der Waals surface area contributed by atoms with Gasteiger partial charge < -0.3 is 14.8 Å². The zero-order valence-electron chi connectivity index (χ0n) is 12.0. The average molecular weight is 298 g/mol. The molecule has 1 saturated carbocycles. The summed E-state index contributed by atoms with van der Waals surface area (Å²) in [6, 6.07) is 5.22. The first-order valence-corrected chi connectivity index (χ1v) is 7.18. The highest BCUT2D eigenvalue weighted by Crippen LogP contribution is 2.42. The second-order valence-electron chi connectivity index (χ2n) is 5.12. The maximum atomic E-state index is 12.4. The molecule has 5 heteroatoms. The van der Waals surface area contributed by atoms with E-state index in [4.69, 9.17) is 21.1 Å². The fraction of sp³-hybridized carbons (Fsp3) is 0.533. The molecule has 1 aliphatic carbocycles. The molecule has 0 unspecified atom stereocenters. The lowest BCUT2D eigenvalue weighted by Gasteiger charge is -2.26. The number of rotatable bonds is 6. The third-order valence-corrected chi connectivity index (χ3v) is 4.02. The van der Waals surface area contributed by atoms with E-state index in [0.717, 1.165) is 12.8 Å². The average Bonchev–Trinajstić information content (AvgIpc) is 3.25. The van der Waals surface area contributed by atoms with E-state index in [0.29, 0.717) is 29.0 Å². The molecule has 1 aromatic carbocycles. The predicted molar refractivity (Wildman–Crippen MR) is 79.4 cm³/mol. The maximum Gasteiger partial charge on any atom is 0.256 e. The van der Waals surface area contributed by atoms with E-state index in [1.165, 1.54) is 0 Å². The van der Waals surface area contributed by atoms with Crippen LogP contribution in [-0.4, -0.2) is 25.2 Å². The van der Waals surface area contributed by atoms with Crippen LogP contribution < -0.4 is 10.1 Å². The van der Waals surface area contributed by atoms with Gasteiger partial charge in [0, 0.05) is 12.8 Å². The molecule has 0 bridgehead atoms. The summed E-state index contributed by atoms with van der Waals surface area (Å²) in [6.45, 7) is 4.27. The first-order valence-electron chi connectivity index (χ1n) is 6.80. The van der Waals surface area contributed by atoms with Gasteiger partial charge in [-0.05, 0) is 50.8 Å². The van der Waals surface area contributed by atoms with Gasteiger partial charge >= 0.3 is 0 Å². The summed E-state index contributed by atoms with van der Waals surface area (Å²) in [5.41, 5.74) is -0.127. The summed E-state index contributed by atoms with van der Waals surface area (Å²) < 4.78 is 10.8. The zero-order valence-corrected chi connectivity index (χ0v) is 12.8. The lowest BCUT2D eigenvalue weighted by atomic mass is 9.99. The molecule has 0 aromatic heterocycles. The van der Waals surface area contributed by atoms with Gasteiger partial charge in [0.15, 0.2) is 0 Å². The van der Waals surface area contributed by atoms with Crippen molar-refractivity contribution in [2.75, 3.05) is 19.0 Å². The van der Waals surface area contributed by atoms with Crippen molar-refractivity contribution in [3.8, 4) is 5.75 Å². The second kappa shape index (κ2) is 6.02. The van der Waals surface area contributed by atoms with Gasteiger partial charge in [0.1, 0.15) is 11.4 Å². The standard InChI is InChI=1S/C15H20ClNO3/c1-4-20-13-8-7-11(9-12(13)16)17-14(18)15(2,19-3)10-5-6-10/h7-10H,4-6H2,1-3H3,(H,17,18)/t15-/m1/s1. The molecule has 0 saturated heterocycles. The van der Waals surface area contributed by atoms with Crippen molar-refractivity contribution < 1.29 is 14.3 Å². The van der Waals surface area contributed by atoms with E-state index in [1.807, 2.05) is 13.8 Å². The summed E-state index contributed by atoms with van der Waals surface area (Å²) >= 11 is 6.11. The molecule has 0 radical (unpaired) electrons. The number of hydrogen-bond donors (Lipinski definition) is 1. The molecular formula is C15H20ClNO3. The predicted octanol–water partition coefficient (Wildman–Crippen LogP) is 3.49. The molecule has 20 heavy (non-hydrogen) atoms. The van der Waals surface area contributed by atoms with Crippen molar-refractivity contribution in [1.29, 1.82) is 0 Å². The van der Waals surface area contributed by atoms with Crippen LogP contribution in [0, 0.1) is 5.92 Å². The Labute approximate surface area is 124 Å². The number of benzene rings is 1. The minimum absolute atomic E-state index is 0.136. The van der Waals surface area contributed by atoms with Crippen LogP contribution in [-0.2, 0) is 9.53 Å². The Morgan fingerprint density at radius 3 is 2.70 bits per heavy atom. The van der Waals surface area contributed by atoms with Gasteiger partial charge in [-0.1, -0.05) is 11.6 Å². The van der Waals surface area contributed by atoms with Crippen molar-refractivity contribution in [1.82, 2.24) is 0 Å². The summed E-state index contributed by atoms with van der Waals surface area (Å²) in [5.74, 6) is 0.775. The maximum absolute atomic E-state index is 12.4. The minimum Gasteiger partial charge on any atom is -0.492 e. The highest BCUT2D eigenvalue weighted by atomic mass is 35.5. The first kappa shape index (κ1) is 15.1. The van der Waals surface area contributed by atoms with Gasteiger partial charge in [-0.2, -0.15) is 0 Å². The van der Waals surface area contributed by atoms with E-state index in [1.54, 1.807) is 25.3 Å². The topological polar surface area (TPSA) is 47.6 Å². The van der Waals surface area contributed by atoms with Crippen molar-refractivity contribution >= 4 is 23.2 Å². The van der Waals surface area contributed by atoms with Crippen LogP contribution in [0.25, 0.3) is 0 Å². The van der Waals surface area contributed by atoms with Crippen molar-refractivity contribution in [2.24, 2.45) is 5.92 Å². The SMILES string of the molecule is CCOc1ccc(NC(=O)[C@](C)(OC)C2CC2)cc1Cl. The number of halogens is 1. The lowest BCUT2D eigenvalue weighted by molar-refractivity contribution is -0.138. The highest BCUT2D eigenvalue weighted by molar-refractivity contribution is 6.32. The van der Waals surface area contributed by atoms with Crippen LogP contribution in [0.3, 0.4) is 0 Å². The molecule has 1 fully saturated rings. The van der Waals surface area contributed by atoms with E-state index in [2.05, 4.69) is 5.32 Å². The van der Waals surface area contributed by atoms with Crippen LogP contribution in [0.4, 0.5) is 5.69 Å². The van der Waals surface area contributed by atoms with Crippen LogP contribution in [0.2, 0.25) is 5.02 Å². The fourth-order valence-electron chi connectivity index (χ4n) is 2.19. The minimum atomic E-state index is -0.773. The van der Waals surface area contributed by atoms with E-state index in [-0.39, 0.29) is 5.91 Å². The molecule has 1 atom stereocenters. The van der Waals surface area contributed by atoms with Gasteiger partial charge in [-0.25, -0.2) is 0 Å². The number of methoxy groups -OCH3 is 1. The molecule has 0 spiro atoms. The summed E-state index contributed by atoms with van der Waals surface area (Å²) in [4.78, 5) is 12.4. The monoisotopic (exact) mass is 297 g/mol.